The molecule has 11 nitrogen and oxygen atoms in total. The van der Waals surface area contributed by atoms with Crippen molar-refractivity contribution >= 4 is 17.6 Å². The number of amides is 2. The third-order valence-corrected chi connectivity index (χ3v) is 9.09. The summed E-state index contributed by atoms with van der Waals surface area (Å²) in [6, 6.07) is -0.576. The van der Waals surface area contributed by atoms with Crippen molar-refractivity contribution in [1.29, 1.82) is 0 Å². The second-order valence-corrected chi connectivity index (χ2v) is 12.1. The molecule has 1 aliphatic heterocycles. The number of aryl methyl sites for hydroxylation is 1. The number of rotatable bonds is 5. The van der Waals surface area contributed by atoms with Crippen LogP contribution in [0.15, 0.2) is 23.2 Å². The lowest BCUT2D eigenvalue weighted by molar-refractivity contribution is -0.136. The standard InChI is InChI=1S/C16H17F2N7O2.C11H16FNO/c1-9-12(24-27-23-9)14(26)22-13(10-2-4-16(17,18)5-3-10)11-8-25-15(21-11)19-6-7-20-25;1-8-2-4-13(5-3-8)9(14)10-6-11(10,12)7-10/h6-8,10,13H,2-5H2,1H3,(H,22,26);8H,2-7H2,1H3. The van der Waals surface area contributed by atoms with E-state index in [-0.39, 0.29) is 43.2 Å². The Kier molecular flexibility index (Phi) is 6.76. The lowest BCUT2D eigenvalue weighted by atomic mass is 9.81. The molecule has 4 heterocycles. The van der Waals surface area contributed by atoms with E-state index >= 15 is 0 Å². The third kappa shape index (κ3) is 5.28. The van der Waals surface area contributed by atoms with Crippen molar-refractivity contribution in [3.8, 4) is 0 Å². The predicted molar refractivity (Wildman–Crippen MR) is 137 cm³/mol. The fourth-order valence-electron chi connectivity index (χ4n) is 6.05. The highest BCUT2D eigenvalue weighted by molar-refractivity contribution is 5.93. The number of nitrogens with one attached hydrogen (secondary N) is 1. The van der Waals surface area contributed by atoms with Crippen LogP contribution in [0.1, 0.15) is 86.2 Å². The van der Waals surface area contributed by atoms with E-state index < -0.39 is 29.0 Å². The fraction of sp³-hybridized carbons (Fsp3) is 0.667. The van der Waals surface area contributed by atoms with Gasteiger partial charge in [-0.2, -0.15) is 5.10 Å². The number of alkyl halides is 3. The van der Waals surface area contributed by atoms with Gasteiger partial charge in [0.05, 0.1) is 35.7 Å². The molecule has 220 valence electrons. The van der Waals surface area contributed by atoms with Gasteiger partial charge in [-0.1, -0.05) is 12.1 Å². The van der Waals surface area contributed by atoms with E-state index in [0.29, 0.717) is 30.0 Å². The molecule has 1 N–H and O–H groups in total. The van der Waals surface area contributed by atoms with E-state index in [0.717, 1.165) is 31.8 Å². The summed E-state index contributed by atoms with van der Waals surface area (Å²) in [5.41, 5.74) is -0.666. The van der Waals surface area contributed by atoms with Gasteiger partial charge in [0.15, 0.2) is 5.69 Å². The van der Waals surface area contributed by atoms with Crippen molar-refractivity contribution in [2.24, 2.45) is 17.3 Å². The number of aromatic nitrogens is 6. The molecule has 2 amide bonds. The van der Waals surface area contributed by atoms with Gasteiger partial charge in [0.2, 0.25) is 11.8 Å². The molecule has 0 bridgehead atoms. The summed E-state index contributed by atoms with van der Waals surface area (Å²) in [6.07, 6.45) is 7.93. The molecule has 3 aromatic heterocycles. The molecule has 3 saturated carbocycles. The maximum atomic E-state index is 13.6. The molecule has 3 aromatic rings. The number of fused-ring (bicyclic) bond motifs is 2. The Labute approximate surface area is 234 Å². The minimum Gasteiger partial charge on any atom is -0.342 e. The maximum absolute atomic E-state index is 13.6. The van der Waals surface area contributed by atoms with Gasteiger partial charge in [-0.15, -0.1) is 0 Å². The maximum Gasteiger partial charge on any atom is 0.276 e. The van der Waals surface area contributed by atoms with Crippen molar-refractivity contribution < 1.29 is 27.4 Å². The van der Waals surface area contributed by atoms with E-state index in [1.807, 2.05) is 4.90 Å². The molecular weight excluding hydrogens is 541 g/mol. The molecule has 4 fully saturated rings. The first kappa shape index (κ1) is 27.6. The van der Waals surface area contributed by atoms with Crippen LogP contribution in [0.4, 0.5) is 13.2 Å². The van der Waals surface area contributed by atoms with Crippen molar-refractivity contribution in [2.45, 2.75) is 82.8 Å². The van der Waals surface area contributed by atoms with Crippen LogP contribution >= 0.6 is 0 Å². The van der Waals surface area contributed by atoms with Gasteiger partial charge in [-0.05, 0) is 49.6 Å². The molecule has 0 radical (unpaired) electrons. The molecule has 41 heavy (non-hydrogen) atoms. The third-order valence-electron chi connectivity index (χ3n) is 9.09. The second kappa shape index (κ2) is 10.1. The van der Waals surface area contributed by atoms with E-state index in [9.17, 15) is 22.8 Å². The number of piperidine rings is 1. The van der Waals surface area contributed by atoms with E-state index in [1.54, 1.807) is 13.1 Å². The number of imidazole rings is 1. The molecule has 0 aromatic carbocycles. The van der Waals surface area contributed by atoms with Crippen LogP contribution in [0.25, 0.3) is 5.78 Å². The molecular formula is C27H33F3N8O3. The minimum absolute atomic E-state index is 0.0566. The summed E-state index contributed by atoms with van der Waals surface area (Å²) in [5.74, 6) is -2.16. The molecule has 3 aliphatic carbocycles. The number of likely N-dealkylation sites (tertiary alicyclic amines) is 1. The van der Waals surface area contributed by atoms with E-state index in [1.165, 1.54) is 16.9 Å². The SMILES string of the molecule is CC1CCN(C(=O)C23CC2(F)C3)CC1.Cc1nonc1C(=O)NC(c1cn2nccnc2n1)C1CCC(F)(F)CC1. The molecule has 4 aliphatic rings. The number of nitrogens with zero attached hydrogens (tertiary/aromatic N) is 7. The first-order chi connectivity index (χ1) is 19.5. The molecule has 7 rings (SSSR count). The Morgan fingerprint density at radius 1 is 1.07 bits per heavy atom. The normalized spacial score (nSPS) is 27.9. The van der Waals surface area contributed by atoms with Crippen LogP contribution in [0.2, 0.25) is 0 Å². The van der Waals surface area contributed by atoms with Crippen LogP contribution in [-0.4, -0.2) is 71.3 Å². The van der Waals surface area contributed by atoms with Crippen molar-refractivity contribution in [2.75, 3.05) is 13.1 Å². The van der Waals surface area contributed by atoms with Crippen molar-refractivity contribution in [1.82, 2.24) is 40.1 Å². The van der Waals surface area contributed by atoms with Gasteiger partial charge in [-0.3, -0.25) is 9.59 Å². The zero-order valence-electron chi connectivity index (χ0n) is 23.0. The Morgan fingerprint density at radius 2 is 1.76 bits per heavy atom. The topological polar surface area (TPSA) is 131 Å². The zero-order valence-corrected chi connectivity index (χ0v) is 23.0. The lowest BCUT2D eigenvalue weighted by Gasteiger charge is -2.33. The molecule has 14 heteroatoms. The van der Waals surface area contributed by atoms with Crippen molar-refractivity contribution in [3.05, 3.63) is 35.7 Å². The Morgan fingerprint density at radius 3 is 2.34 bits per heavy atom. The summed E-state index contributed by atoms with van der Waals surface area (Å²) >= 11 is 0. The van der Waals surface area contributed by atoms with Gasteiger partial charge >= 0.3 is 0 Å². The second-order valence-electron chi connectivity index (χ2n) is 12.1. The van der Waals surface area contributed by atoms with Crippen LogP contribution < -0.4 is 5.32 Å². The summed E-state index contributed by atoms with van der Waals surface area (Å²) in [7, 11) is 0. The number of carbonyl (C=O) groups is 2. The minimum atomic E-state index is -2.67. The highest BCUT2D eigenvalue weighted by Gasteiger charge is 2.90. The Balaban J connectivity index is 0.000000180. The van der Waals surface area contributed by atoms with Crippen LogP contribution in [0, 0.1) is 24.2 Å². The number of hydrogen-bond donors (Lipinski definition) is 1. The smallest absolute Gasteiger partial charge is 0.276 e. The largest absolute Gasteiger partial charge is 0.342 e. The van der Waals surface area contributed by atoms with Gasteiger partial charge < -0.3 is 10.2 Å². The quantitative estimate of drug-likeness (QED) is 0.486. The van der Waals surface area contributed by atoms with Crippen LogP contribution in [-0.2, 0) is 4.79 Å². The average Bonchev–Trinajstić information content (AvgIpc) is 3.48. The zero-order chi connectivity index (χ0) is 29.0. The molecule has 0 spiro atoms. The summed E-state index contributed by atoms with van der Waals surface area (Å²) in [6.45, 7) is 5.50. The van der Waals surface area contributed by atoms with Crippen LogP contribution in [0.3, 0.4) is 0 Å². The van der Waals surface area contributed by atoms with Crippen molar-refractivity contribution in [3.63, 3.8) is 0 Å². The van der Waals surface area contributed by atoms with Gasteiger partial charge in [0.1, 0.15) is 11.4 Å². The molecule has 1 saturated heterocycles. The lowest BCUT2D eigenvalue weighted by Crippen LogP contribution is -2.40. The first-order valence-corrected chi connectivity index (χ1v) is 14.1. The molecule has 1 unspecified atom stereocenters. The highest BCUT2D eigenvalue weighted by atomic mass is 19.3. The monoisotopic (exact) mass is 574 g/mol. The number of halogens is 3. The first-order valence-electron chi connectivity index (χ1n) is 14.1. The van der Waals surface area contributed by atoms with E-state index in [4.69, 9.17) is 0 Å². The number of hydrogen-bond acceptors (Lipinski definition) is 8. The van der Waals surface area contributed by atoms with Gasteiger partial charge in [-0.25, -0.2) is 32.3 Å². The summed E-state index contributed by atoms with van der Waals surface area (Å²) in [5, 5.41) is 14.2. The Hall–Kier alpha value is -3.58. The average molecular weight is 575 g/mol. The Bertz CT molecular complexity index is 1400. The van der Waals surface area contributed by atoms with Gasteiger partial charge in [0, 0.05) is 38.8 Å². The summed E-state index contributed by atoms with van der Waals surface area (Å²) < 4.78 is 46.6. The van der Waals surface area contributed by atoms with Gasteiger partial charge in [0.25, 0.3) is 11.7 Å². The summed E-state index contributed by atoms with van der Waals surface area (Å²) in [4.78, 5) is 34.9. The number of carbonyl (C=O) groups excluding carboxylic acids is 2. The van der Waals surface area contributed by atoms with E-state index in [2.05, 4.69) is 42.2 Å². The highest BCUT2D eigenvalue weighted by Crippen LogP contribution is 2.81. The predicted octanol–water partition coefficient (Wildman–Crippen LogP) is 3.86. The molecule has 1 atom stereocenters. The fourth-order valence-corrected chi connectivity index (χ4v) is 6.05. The van der Waals surface area contributed by atoms with Crippen LogP contribution in [0.5, 0.6) is 0 Å².